The Morgan fingerprint density at radius 1 is 1.20 bits per heavy atom. The lowest BCUT2D eigenvalue weighted by molar-refractivity contribution is -0.384. The SMILES string of the molecule is CNc1cc([N+](=O)[O-])cc(Nc2cc(F)ccc2F)n1. The van der Waals surface area contributed by atoms with Crippen molar-refractivity contribution in [2.24, 2.45) is 0 Å². The molecule has 0 spiro atoms. The maximum Gasteiger partial charge on any atom is 0.276 e. The molecule has 6 nitrogen and oxygen atoms in total. The normalized spacial score (nSPS) is 10.2. The largest absolute Gasteiger partial charge is 0.373 e. The maximum absolute atomic E-state index is 13.5. The van der Waals surface area contributed by atoms with Crippen LogP contribution in [0.25, 0.3) is 0 Å². The van der Waals surface area contributed by atoms with E-state index in [0.29, 0.717) is 0 Å². The summed E-state index contributed by atoms with van der Waals surface area (Å²) in [6, 6.07) is 5.22. The fraction of sp³-hybridized carbons (Fsp3) is 0.0833. The average molecular weight is 280 g/mol. The van der Waals surface area contributed by atoms with E-state index in [0.717, 1.165) is 24.3 Å². The molecular weight excluding hydrogens is 270 g/mol. The van der Waals surface area contributed by atoms with Gasteiger partial charge in [0, 0.05) is 13.1 Å². The second kappa shape index (κ2) is 5.47. The van der Waals surface area contributed by atoms with E-state index in [4.69, 9.17) is 0 Å². The monoisotopic (exact) mass is 280 g/mol. The van der Waals surface area contributed by atoms with Crippen molar-refractivity contribution in [3.05, 3.63) is 52.1 Å². The third-order valence-electron chi connectivity index (χ3n) is 2.47. The van der Waals surface area contributed by atoms with Crippen molar-refractivity contribution in [2.75, 3.05) is 17.7 Å². The quantitative estimate of drug-likeness (QED) is 0.664. The van der Waals surface area contributed by atoms with Crippen LogP contribution in [0.3, 0.4) is 0 Å². The Morgan fingerprint density at radius 2 is 1.90 bits per heavy atom. The first-order valence-electron chi connectivity index (χ1n) is 5.56. The summed E-state index contributed by atoms with van der Waals surface area (Å²) in [5, 5.41) is 15.9. The van der Waals surface area contributed by atoms with Crippen molar-refractivity contribution in [3.8, 4) is 0 Å². The highest BCUT2D eigenvalue weighted by Gasteiger charge is 2.12. The molecule has 20 heavy (non-hydrogen) atoms. The summed E-state index contributed by atoms with van der Waals surface area (Å²) in [5.74, 6) is -1.05. The number of nitro groups is 1. The number of hydrogen-bond acceptors (Lipinski definition) is 5. The Labute approximate surface area is 112 Å². The number of nitrogens with zero attached hydrogens (tertiary/aromatic N) is 2. The van der Waals surface area contributed by atoms with Crippen molar-refractivity contribution in [1.29, 1.82) is 0 Å². The van der Waals surface area contributed by atoms with Gasteiger partial charge in [0.15, 0.2) is 0 Å². The second-order valence-electron chi connectivity index (χ2n) is 3.85. The molecule has 0 aliphatic carbocycles. The molecular formula is C12H10F2N4O2. The summed E-state index contributed by atoms with van der Waals surface area (Å²) >= 11 is 0. The molecule has 0 saturated carbocycles. The Kier molecular flexibility index (Phi) is 3.74. The number of benzene rings is 1. The Balaban J connectivity index is 2.39. The number of nitrogens with one attached hydrogen (secondary N) is 2. The van der Waals surface area contributed by atoms with Crippen molar-refractivity contribution < 1.29 is 13.7 Å². The predicted octanol–water partition coefficient (Wildman–Crippen LogP) is 3.05. The second-order valence-corrected chi connectivity index (χ2v) is 3.85. The third-order valence-corrected chi connectivity index (χ3v) is 2.47. The first kappa shape index (κ1) is 13.7. The zero-order valence-corrected chi connectivity index (χ0v) is 10.4. The van der Waals surface area contributed by atoms with E-state index < -0.39 is 16.6 Å². The fourth-order valence-corrected chi connectivity index (χ4v) is 1.54. The van der Waals surface area contributed by atoms with E-state index in [9.17, 15) is 18.9 Å². The van der Waals surface area contributed by atoms with Crippen molar-refractivity contribution >= 4 is 23.0 Å². The molecule has 1 heterocycles. The molecule has 1 aromatic heterocycles. The van der Waals surface area contributed by atoms with Crippen LogP contribution in [0.4, 0.5) is 31.8 Å². The van der Waals surface area contributed by atoms with Gasteiger partial charge in [0.05, 0.1) is 22.7 Å². The molecule has 2 rings (SSSR count). The van der Waals surface area contributed by atoms with Crippen molar-refractivity contribution in [3.63, 3.8) is 0 Å². The number of aromatic nitrogens is 1. The summed E-state index contributed by atoms with van der Waals surface area (Å²) in [7, 11) is 1.54. The Morgan fingerprint density at radius 3 is 2.55 bits per heavy atom. The van der Waals surface area contributed by atoms with Gasteiger partial charge in [-0.15, -0.1) is 0 Å². The van der Waals surface area contributed by atoms with Crippen LogP contribution in [0.5, 0.6) is 0 Å². The molecule has 1 aromatic carbocycles. The number of pyridine rings is 1. The molecule has 0 aliphatic heterocycles. The number of hydrogen-bond donors (Lipinski definition) is 2. The summed E-state index contributed by atoms with van der Waals surface area (Å²) in [6.45, 7) is 0. The van der Waals surface area contributed by atoms with Gasteiger partial charge in [0.2, 0.25) is 0 Å². The number of rotatable bonds is 4. The van der Waals surface area contributed by atoms with Gasteiger partial charge in [-0.1, -0.05) is 0 Å². The highest BCUT2D eigenvalue weighted by atomic mass is 19.1. The van der Waals surface area contributed by atoms with Gasteiger partial charge in [-0.3, -0.25) is 10.1 Å². The van der Waals surface area contributed by atoms with Gasteiger partial charge in [0.25, 0.3) is 5.69 Å². The third kappa shape index (κ3) is 2.97. The molecule has 0 saturated heterocycles. The fourth-order valence-electron chi connectivity index (χ4n) is 1.54. The summed E-state index contributed by atoms with van der Waals surface area (Å²) < 4.78 is 26.5. The number of halogens is 2. The minimum absolute atomic E-state index is 0.0352. The van der Waals surface area contributed by atoms with Gasteiger partial charge < -0.3 is 10.6 Å². The Bertz CT molecular complexity index is 664. The van der Waals surface area contributed by atoms with Crippen LogP contribution < -0.4 is 10.6 Å². The van der Waals surface area contributed by atoms with E-state index in [2.05, 4.69) is 15.6 Å². The zero-order chi connectivity index (χ0) is 14.7. The van der Waals surface area contributed by atoms with E-state index >= 15 is 0 Å². The lowest BCUT2D eigenvalue weighted by atomic mass is 10.3. The average Bonchev–Trinajstić information content (AvgIpc) is 2.42. The summed E-state index contributed by atoms with van der Waals surface area (Å²) in [5.41, 5.74) is -0.372. The van der Waals surface area contributed by atoms with E-state index in [-0.39, 0.29) is 23.0 Å². The topological polar surface area (TPSA) is 80.1 Å². The maximum atomic E-state index is 13.5. The lowest BCUT2D eigenvalue weighted by Gasteiger charge is -2.08. The lowest BCUT2D eigenvalue weighted by Crippen LogP contribution is -2.01. The van der Waals surface area contributed by atoms with E-state index in [1.165, 1.54) is 6.07 Å². The minimum atomic E-state index is -0.689. The molecule has 0 unspecified atom stereocenters. The van der Waals surface area contributed by atoms with Crippen LogP contribution in [-0.2, 0) is 0 Å². The highest BCUT2D eigenvalue weighted by molar-refractivity contribution is 5.62. The smallest absolute Gasteiger partial charge is 0.276 e. The van der Waals surface area contributed by atoms with E-state index in [1.54, 1.807) is 7.05 Å². The molecule has 2 aromatic rings. The van der Waals surface area contributed by atoms with Gasteiger partial charge in [-0.25, -0.2) is 13.8 Å². The minimum Gasteiger partial charge on any atom is -0.373 e. The van der Waals surface area contributed by atoms with Crippen LogP contribution in [0, 0.1) is 21.7 Å². The summed E-state index contributed by atoms with van der Waals surface area (Å²) in [6.07, 6.45) is 0. The van der Waals surface area contributed by atoms with Crippen molar-refractivity contribution in [1.82, 2.24) is 4.98 Å². The van der Waals surface area contributed by atoms with Gasteiger partial charge in [-0.05, 0) is 12.1 Å². The van der Waals surface area contributed by atoms with Crippen LogP contribution >= 0.6 is 0 Å². The van der Waals surface area contributed by atoms with Gasteiger partial charge >= 0.3 is 0 Å². The summed E-state index contributed by atoms with van der Waals surface area (Å²) in [4.78, 5) is 14.2. The molecule has 0 atom stereocenters. The molecule has 0 amide bonds. The van der Waals surface area contributed by atoms with Crippen molar-refractivity contribution in [2.45, 2.75) is 0 Å². The molecule has 8 heteroatoms. The van der Waals surface area contributed by atoms with Gasteiger partial charge in [0.1, 0.15) is 23.3 Å². The number of anilines is 3. The molecule has 0 fully saturated rings. The van der Waals surface area contributed by atoms with Crippen LogP contribution in [0.2, 0.25) is 0 Å². The Hall–Kier alpha value is -2.77. The molecule has 104 valence electrons. The first-order chi connectivity index (χ1) is 9.49. The molecule has 2 N–H and O–H groups in total. The van der Waals surface area contributed by atoms with Crippen LogP contribution in [-0.4, -0.2) is 17.0 Å². The van der Waals surface area contributed by atoms with Crippen LogP contribution in [0.15, 0.2) is 30.3 Å². The van der Waals surface area contributed by atoms with Gasteiger partial charge in [-0.2, -0.15) is 0 Å². The van der Waals surface area contributed by atoms with Crippen LogP contribution in [0.1, 0.15) is 0 Å². The first-order valence-corrected chi connectivity index (χ1v) is 5.56. The standard InChI is InChI=1S/C12H10F2N4O2/c1-15-11-5-8(18(19)20)6-12(17-11)16-10-4-7(13)2-3-9(10)14/h2-6H,1H3,(H2,15,16,17). The van der Waals surface area contributed by atoms with E-state index in [1.807, 2.05) is 0 Å². The predicted molar refractivity (Wildman–Crippen MR) is 70.1 cm³/mol. The highest BCUT2D eigenvalue weighted by Crippen LogP contribution is 2.25. The molecule has 0 bridgehead atoms. The molecule has 0 radical (unpaired) electrons. The zero-order valence-electron chi connectivity index (χ0n) is 10.4. The molecule has 0 aliphatic rings.